The molecular formula is C29H31F6N3O. The van der Waals surface area contributed by atoms with Crippen LogP contribution in [0.15, 0.2) is 42.0 Å². The van der Waals surface area contributed by atoms with Crippen molar-refractivity contribution in [1.82, 2.24) is 14.8 Å². The molecule has 10 heteroatoms. The minimum Gasteiger partial charge on any atom is -0.434 e. The summed E-state index contributed by atoms with van der Waals surface area (Å²) in [6.45, 7) is 0.468. The largest absolute Gasteiger partial charge is 0.434 e. The molecule has 5 rings (SSSR count). The van der Waals surface area contributed by atoms with Crippen molar-refractivity contribution in [3.63, 3.8) is 0 Å². The summed E-state index contributed by atoms with van der Waals surface area (Å²) in [5.74, 6) is -3.66. The number of aromatic nitrogens is 1. The van der Waals surface area contributed by atoms with Crippen molar-refractivity contribution in [3.8, 4) is 5.75 Å². The van der Waals surface area contributed by atoms with E-state index in [1.807, 2.05) is 6.08 Å². The smallest absolute Gasteiger partial charge is 0.387 e. The number of hydrogen-bond donors (Lipinski definition) is 1. The van der Waals surface area contributed by atoms with E-state index in [-0.39, 0.29) is 24.0 Å². The van der Waals surface area contributed by atoms with Crippen LogP contribution in [0.25, 0.3) is 17.0 Å². The number of hydrogen-bond acceptors (Lipinski definition) is 3. The van der Waals surface area contributed by atoms with Crippen LogP contribution in [0.5, 0.6) is 5.75 Å². The highest BCUT2D eigenvalue weighted by Crippen LogP contribution is 2.45. The lowest BCUT2D eigenvalue weighted by atomic mass is 9.87. The molecule has 0 amide bonds. The molecule has 1 aromatic heterocycles. The monoisotopic (exact) mass is 551 g/mol. The van der Waals surface area contributed by atoms with Gasteiger partial charge in [-0.15, -0.1) is 0 Å². The number of aromatic amines is 1. The number of benzene rings is 2. The van der Waals surface area contributed by atoms with E-state index < -0.39 is 30.9 Å². The lowest BCUT2D eigenvalue weighted by Gasteiger charge is -2.42. The first-order valence-corrected chi connectivity index (χ1v) is 13.0. The second kappa shape index (κ2) is 10.9. The van der Waals surface area contributed by atoms with E-state index in [4.69, 9.17) is 4.74 Å². The maximum atomic E-state index is 14.7. The van der Waals surface area contributed by atoms with E-state index in [0.29, 0.717) is 54.7 Å². The maximum Gasteiger partial charge on any atom is 0.387 e. The standard InChI is InChI=1S/C29H31F6N3O/c1-17-11-22-20-5-3-6-23(31)25(20)36-26(22)27(38(17)16-29(2,34)35)21-8-7-18(13-24(21)39-28(32)33)12-19-14-37(15-19)10-4-9-30/h3,5-8,12-13,17,27-28,36H,4,9-11,14-16H2,1-2H3/t17-,27?/m1/s1. The second-order valence-electron chi connectivity index (χ2n) is 10.6. The molecule has 2 atom stereocenters. The van der Waals surface area contributed by atoms with Gasteiger partial charge in [-0.3, -0.25) is 14.2 Å². The van der Waals surface area contributed by atoms with Crippen molar-refractivity contribution in [2.45, 2.75) is 51.3 Å². The van der Waals surface area contributed by atoms with Crippen molar-refractivity contribution < 1.29 is 31.1 Å². The third-order valence-electron chi connectivity index (χ3n) is 7.43. The van der Waals surface area contributed by atoms with Gasteiger partial charge in [-0.1, -0.05) is 30.3 Å². The van der Waals surface area contributed by atoms with Crippen molar-refractivity contribution >= 4 is 17.0 Å². The first-order chi connectivity index (χ1) is 18.5. The van der Waals surface area contributed by atoms with Crippen molar-refractivity contribution in [2.75, 3.05) is 32.9 Å². The van der Waals surface area contributed by atoms with Gasteiger partial charge in [-0.25, -0.2) is 13.2 Å². The zero-order valence-corrected chi connectivity index (χ0v) is 21.8. The Balaban J connectivity index is 1.58. The van der Waals surface area contributed by atoms with Crippen LogP contribution in [-0.2, 0) is 6.42 Å². The Labute approximate surface area is 223 Å². The highest BCUT2D eigenvalue weighted by Gasteiger charge is 2.41. The Kier molecular flexibility index (Phi) is 7.70. The lowest BCUT2D eigenvalue weighted by molar-refractivity contribution is -0.0542. The summed E-state index contributed by atoms with van der Waals surface area (Å²) in [5, 5.41) is 0.643. The predicted octanol–water partition coefficient (Wildman–Crippen LogP) is 6.96. The Bertz CT molecular complexity index is 1360. The second-order valence-corrected chi connectivity index (χ2v) is 10.6. The molecule has 2 aliphatic heterocycles. The van der Waals surface area contributed by atoms with Crippen LogP contribution in [0.1, 0.15) is 48.7 Å². The van der Waals surface area contributed by atoms with Crippen molar-refractivity contribution in [1.29, 1.82) is 0 Å². The van der Waals surface area contributed by atoms with Gasteiger partial charge in [0.05, 0.1) is 24.8 Å². The average molecular weight is 552 g/mol. The highest BCUT2D eigenvalue weighted by molar-refractivity contribution is 5.86. The molecule has 0 saturated carbocycles. The number of ether oxygens (including phenoxy) is 1. The number of halogens is 6. The molecule has 210 valence electrons. The topological polar surface area (TPSA) is 31.5 Å². The lowest BCUT2D eigenvalue weighted by Crippen LogP contribution is -2.47. The number of fused-ring (bicyclic) bond motifs is 3. The van der Waals surface area contributed by atoms with Crippen LogP contribution in [0, 0.1) is 5.82 Å². The van der Waals surface area contributed by atoms with Gasteiger partial charge >= 0.3 is 6.61 Å². The third-order valence-corrected chi connectivity index (χ3v) is 7.43. The Morgan fingerprint density at radius 3 is 2.64 bits per heavy atom. The number of alkyl halides is 5. The van der Waals surface area contributed by atoms with Gasteiger partial charge in [0.25, 0.3) is 5.92 Å². The molecule has 4 nitrogen and oxygen atoms in total. The van der Waals surface area contributed by atoms with Gasteiger partial charge < -0.3 is 9.72 Å². The van der Waals surface area contributed by atoms with Crippen LogP contribution in [0.2, 0.25) is 0 Å². The normalized spacial score (nSPS) is 20.4. The molecule has 3 heterocycles. The Morgan fingerprint density at radius 1 is 1.18 bits per heavy atom. The van der Waals surface area contributed by atoms with Crippen molar-refractivity contribution in [3.05, 3.63) is 70.2 Å². The molecular weight excluding hydrogens is 520 g/mol. The van der Waals surface area contributed by atoms with Crippen LogP contribution in [0.3, 0.4) is 0 Å². The molecule has 2 aliphatic rings. The quantitative estimate of drug-likeness (QED) is 0.292. The first kappa shape index (κ1) is 27.6. The zero-order valence-electron chi connectivity index (χ0n) is 21.8. The van der Waals surface area contributed by atoms with Crippen LogP contribution < -0.4 is 4.74 Å². The zero-order chi connectivity index (χ0) is 27.9. The average Bonchev–Trinajstić information content (AvgIpc) is 3.20. The molecule has 0 spiro atoms. The van der Waals surface area contributed by atoms with E-state index in [1.165, 1.54) is 12.1 Å². The summed E-state index contributed by atoms with van der Waals surface area (Å²) in [6, 6.07) is 8.25. The Hall–Kier alpha value is -2.98. The van der Waals surface area contributed by atoms with E-state index in [0.717, 1.165) is 18.1 Å². The van der Waals surface area contributed by atoms with Gasteiger partial charge in [0.15, 0.2) is 0 Å². The molecule has 1 saturated heterocycles. The summed E-state index contributed by atoms with van der Waals surface area (Å²) in [6.07, 6.45) is 2.72. The molecule has 39 heavy (non-hydrogen) atoms. The van der Waals surface area contributed by atoms with Gasteiger partial charge in [0, 0.05) is 49.2 Å². The molecule has 0 aliphatic carbocycles. The Morgan fingerprint density at radius 2 is 1.95 bits per heavy atom. The summed E-state index contributed by atoms with van der Waals surface area (Å²) >= 11 is 0. The van der Waals surface area contributed by atoms with Crippen LogP contribution in [0.4, 0.5) is 26.3 Å². The molecule has 1 unspecified atom stereocenters. The van der Waals surface area contributed by atoms with Gasteiger partial charge in [-0.05, 0) is 48.6 Å². The minimum atomic E-state index is -3.13. The van der Waals surface area contributed by atoms with Crippen LogP contribution in [-0.4, -0.2) is 66.2 Å². The number of rotatable bonds is 9. The molecule has 0 bridgehead atoms. The number of nitrogens with zero attached hydrogens (tertiary/aromatic N) is 2. The van der Waals surface area contributed by atoms with E-state index in [2.05, 4.69) is 9.88 Å². The highest BCUT2D eigenvalue weighted by atomic mass is 19.3. The van der Waals surface area contributed by atoms with E-state index in [1.54, 1.807) is 36.1 Å². The fourth-order valence-electron chi connectivity index (χ4n) is 5.81. The molecule has 1 fully saturated rings. The molecule has 2 aromatic carbocycles. The molecule has 1 N–H and O–H groups in total. The van der Waals surface area contributed by atoms with Crippen LogP contribution >= 0.6 is 0 Å². The summed E-state index contributed by atoms with van der Waals surface area (Å²) in [4.78, 5) is 6.74. The van der Waals surface area contributed by atoms with E-state index in [9.17, 15) is 26.3 Å². The van der Waals surface area contributed by atoms with E-state index >= 15 is 0 Å². The predicted molar refractivity (Wildman–Crippen MR) is 139 cm³/mol. The van der Waals surface area contributed by atoms with Gasteiger partial charge in [0.2, 0.25) is 0 Å². The summed E-state index contributed by atoms with van der Waals surface area (Å²) < 4.78 is 88.1. The molecule has 0 radical (unpaired) electrons. The minimum absolute atomic E-state index is 0.124. The number of likely N-dealkylation sites (tertiary alicyclic amines) is 1. The fraction of sp³-hybridized carbons (Fsp3) is 0.448. The van der Waals surface area contributed by atoms with Gasteiger partial charge in [0.1, 0.15) is 11.6 Å². The maximum absolute atomic E-state index is 14.7. The number of para-hydroxylation sites is 1. The number of nitrogens with one attached hydrogen (secondary N) is 1. The fourth-order valence-corrected chi connectivity index (χ4v) is 5.81. The van der Waals surface area contributed by atoms with Gasteiger partial charge in [-0.2, -0.15) is 8.78 Å². The summed E-state index contributed by atoms with van der Waals surface area (Å²) in [7, 11) is 0. The SMILES string of the molecule is C[C@@H]1Cc2c([nH]c3c(F)cccc23)C(c2ccc(C=C3CN(CCCF)C3)cc2OC(F)F)N1CC(C)(F)F. The third kappa shape index (κ3) is 5.82. The first-order valence-electron chi connectivity index (χ1n) is 13.0. The van der Waals surface area contributed by atoms with Crippen molar-refractivity contribution in [2.24, 2.45) is 0 Å². The number of H-pyrrole nitrogens is 1. The summed E-state index contributed by atoms with van der Waals surface area (Å²) in [5.41, 5.74) is 3.51. The molecule has 3 aromatic rings.